The quantitative estimate of drug-likeness (QED) is 0.294. The second-order valence-electron chi connectivity index (χ2n) is 9.58. The standard InChI is InChI=1S/C28H22F8N2O2/c1-26(30,28(34,35)36)18-12-13-21(20(14-18)27(31,32)33)37-24(39)19-8-5-9-22(23(19)29)38(15-16-10-11-16)25(40)17-6-3-2-4-7-17/h2-9,12-14,16H,10-11,15H2,1H3,(H,37,39). The van der Waals surface area contributed by atoms with Gasteiger partial charge in [-0.05, 0) is 67.6 Å². The Labute approximate surface area is 223 Å². The van der Waals surface area contributed by atoms with Crippen LogP contribution in [0.1, 0.15) is 51.6 Å². The van der Waals surface area contributed by atoms with Gasteiger partial charge in [-0.1, -0.05) is 30.3 Å². The van der Waals surface area contributed by atoms with Crippen molar-refractivity contribution in [2.24, 2.45) is 5.92 Å². The van der Waals surface area contributed by atoms with Crippen molar-refractivity contribution >= 4 is 23.2 Å². The maximum atomic E-state index is 15.7. The monoisotopic (exact) mass is 570 g/mol. The Bertz CT molecular complexity index is 1410. The highest BCUT2D eigenvalue weighted by Gasteiger charge is 2.54. The molecule has 1 atom stereocenters. The van der Waals surface area contributed by atoms with Crippen molar-refractivity contribution in [3.63, 3.8) is 0 Å². The van der Waals surface area contributed by atoms with Gasteiger partial charge in [0.15, 0.2) is 5.82 Å². The largest absolute Gasteiger partial charge is 0.426 e. The van der Waals surface area contributed by atoms with Crippen molar-refractivity contribution in [1.82, 2.24) is 0 Å². The van der Waals surface area contributed by atoms with Crippen molar-refractivity contribution in [1.29, 1.82) is 0 Å². The first-order valence-corrected chi connectivity index (χ1v) is 12.1. The van der Waals surface area contributed by atoms with E-state index in [0.29, 0.717) is 12.1 Å². The third-order valence-electron chi connectivity index (χ3n) is 6.56. The molecule has 1 aliphatic rings. The van der Waals surface area contributed by atoms with Crippen LogP contribution in [0, 0.1) is 11.7 Å². The molecule has 2 amide bonds. The Hall–Kier alpha value is -3.96. The maximum Gasteiger partial charge on any atom is 0.426 e. The van der Waals surface area contributed by atoms with E-state index in [2.05, 4.69) is 0 Å². The van der Waals surface area contributed by atoms with E-state index in [1.807, 2.05) is 5.32 Å². The van der Waals surface area contributed by atoms with Crippen LogP contribution in [-0.4, -0.2) is 24.5 Å². The smallest absolute Gasteiger partial charge is 0.321 e. The van der Waals surface area contributed by atoms with Gasteiger partial charge in [0.05, 0.1) is 22.5 Å². The molecule has 1 fully saturated rings. The molecule has 0 spiro atoms. The van der Waals surface area contributed by atoms with E-state index < -0.39 is 58.0 Å². The number of anilines is 2. The van der Waals surface area contributed by atoms with E-state index in [9.17, 15) is 40.3 Å². The third-order valence-corrected chi connectivity index (χ3v) is 6.56. The molecule has 40 heavy (non-hydrogen) atoms. The zero-order valence-electron chi connectivity index (χ0n) is 20.8. The van der Waals surface area contributed by atoms with Gasteiger partial charge in [0.25, 0.3) is 11.8 Å². The van der Waals surface area contributed by atoms with Gasteiger partial charge in [-0.2, -0.15) is 26.3 Å². The van der Waals surface area contributed by atoms with Crippen molar-refractivity contribution < 1.29 is 44.7 Å². The number of carbonyl (C=O) groups is 2. The van der Waals surface area contributed by atoms with E-state index >= 15 is 4.39 Å². The summed E-state index contributed by atoms with van der Waals surface area (Å²) in [7, 11) is 0. The van der Waals surface area contributed by atoms with Crippen LogP contribution in [0.25, 0.3) is 0 Å². The SMILES string of the molecule is CC(F)(c1ccc(NC(=O)c2cccc(N(CC3CC3)C(=O)c3ccccc3)c2F)c(C(F)(F)F)c1)C(F)(F)F. The molecule has 0 saturated heterocycles. The maximum absolute atomic E-state index is 15.7. The average Bonchev–Trinajstić information content (AvgIpc) is 3.71. The molecule has 0 radical (unpaired) electrons. The van der Waals surface area contributed by atoms with Crippen LogP contribution in [0.5, 0.6) is 0 Å². The lowest BCUT2D eigenvalue weighted by Gasteiger charge is -2.26. The molecule has 0 heterocycles. The minimum Gasteiger partial charge on any atom is -0.321 e. The molecular weight excluding hydrogens is 548 g/mol. The highest BCUT2D eigenvalue weighted by molar-refractivity contribution is 6.09. The lowest BCUT2D eigenvalue weighted by atomic mass is 9.94. The minimum atomic E-state index is -5.51. The average molecular weight is 570 g/mol. The van der Waals surface area contributed by atoms with Crippen LogP contribution in [-0.2, 0) is 11.8 Å². The van der Waals surface area contributed by atoms with Gasteiger partial charge >= 0.3 is 12.4 Å². The Morgan fingerprint density at radius 2 is 1.55 bits per heavy atom. The summed E-state index contributed by atoms with van der Waals surface area (Å²) in [6.07, 6.45) is -9.18. The van der Waals surface area contributed by atoms with Gasteiger partial charge in [-0.25, -0.2) is 8.78 Å². The van der Waals surface area contributed by atoms with Gasteiger partial charge in [-0.3, -0.25) is 9.59 Å². The van der Waals surface area contributed by atoms with Crippen LogP contribution < -0.4 is 10.2 Å². The number of amides is 2. The second kappa shape index (κ2) is 10.5. The number of carbonyl (C=O) groups excluding carboxylic acids is 2. The van der Waals surface area contributed by atoms with Crippen molar-refractivity contribution in [3.05, 3.63) is 94.8 Å². The zero-order chi connectivity index (χ0) is 29.5. The highest BCUT2D eigenvalue weighted by Crippen LogP contribution is 2.45. The summed E-state index contributed by atoms with van der Waals surface area (Å²) in [5.74, 6) is -2.97. The number of hydrogen-bond acceptors (Lipinski definition) is 2. The molecule has 4 nitrogen and oxygen atoms in total. The first-order valence-electron chi connectivity index (χ1n) is 12.1. The number of hydrogen-bond donors (Lipinski definition) is 1. The van der Waals surface area contributed by atoms with Crippen LogP contribution >= 0.6 is 0 Å². The van der Waals surface area contributed by atoms with Crippen molar-refractivity contribution in [3.8, 4) is 0 Å². The first-order chi connectivity index (χ1) is 18.6. The van der Waals surface area contributed by atoms with Crippen LogP contribution in [0.3, 0.4) is 0 Å². The molecule has 1 unspecified atom stereocenters. The normalized spacial score (nSPS) is 15.3. The summed E-state index contributed by atoms with van der Waals surface area (Å²) in [5, 5.41) is 1.87. The summed E-state index contributed by atoms with van der Waals surface area (Å²) in [5.41, 5.74) is -8.90. The molecule has 4 rings (SSSR count). The predicted octanol–water partition coefficient (Wildman–Crippen LogP) is 7.90. The summed E-state index contributed by atoms with van der Waals surface area (Å²) in [6, 6.07) is 12.3. The van der Waals surface area contributed by atoms with Crippen LogP contribution in [0.15, 0.2) is 66.7 Å². The molecular formula is C28H22F8N2O2. The Balaban J connectivity index is 1.69. The molecule has 1 saturated carbocycles. The van der Waals surface area contributed by atoms with Crippen LogP contribution in [0.4, 0.5) is 46.5 Å². The fourth-order valence-corrected chi connectivity index (χ4v) is 4.02. The number of nitrogens with zero attached hydrogens (tertiary/aromatic N) is 1. The molecule has 3 aromatic rings. The number of rotatable bonds is 7. The highest BCUT2D eigenvalue weighted by atomic mass is 19.4. The zero-order valence-corrected chi connectivity index (χ0v) is 20.8. The van der Waals surface area contributed by atoms with E-state index in [4.69, 9.17) is 0 Å². The second-order valence-corrected chi connectivity index (χ2v) is 9.58. The molecule has 1 N–H and O–H groups in total. The fourth-order valence-electron chi connectivity index (χ4n) is 4.02. The Kier molecular flexibility index (Phi) is 7.66. The van der Waals surface area contributed by atoms with E-state index in [1.165, 1.54) is 24.3 Å². The van der Waals surface area contributed by atoms with Gasteiger partial charge in [0.2, 0.25) is 5.67 Å². The van der Waals surface area contributed by atoms with Gasteiger partial charge < -0.3 is 10.2 Å². The van der Waals surface area contributed by atoms with Gasteiger partial charge in [-0.15, -0.1) is 0 Å². The molecule has 12 heteroatoms. The predicted molar refractivity (Wildman–Crippen MR) is 131 cm³/mol. The van der Waals surface area contributed by atoms with E-state index in [1.54, 1.807) is 18.2 Å². The molecule has 0 bridgehead atoms. The first kappa shape index (κ1) is 29.0. The number of benzene rings is 3. The number of nitrogens with one attached hydrogen (secondary N) is 1. The van der Waals surface area contributed by atoms with E-state index in [-0.39, 0.29) is 36.7 Å². The number of alkyl halides is 7. The minimum absolute atomic E-state index is 0.0498. The van der Waals surface area contributed by atoms with E-state index in [0.717, 1.165) is 23.8 Å². The summed E-state index contributed by atoms with van der Waals surface area (Å²) < 4.78 is 110. The fraction of sp³-hybridized carbons (Fsp3) is 0.286. The Morgan fingerprint density at radius 1 is 0.900 bits per heavy atom. The Morgan fingerprint density at radius 3 is 2.12 bits per heavy atom. The molecule has 3 aromatic carbocycles. The molecule has 0 aromatic heterocycles. The summed E-state index contributed by atoms with van der Waals surface area (Å²) >= 11 is 0. The summed E-state index contributed by atoms with van der Waals surface area (Å²) in [6.45, 7) is 0.225. The number of halogens is 8. The van der Waals surface area contributed by atoms with Gasteiger partial charge in [0, 0.05) is 12.1 Å². The topological polar surface area (TPSA) is 49.4 Å². The lowest BCUT2D eigenvalue weighted by molar-refractivity contribution is -0.228. The molecule has 0 aliphatic heterocycles. The summed E-state index contributed by atoms with van der Waals surface area (Å²) in [4.78, 5) is 27.3. The van der Waals surface area contributed by atoms with Crippen molar-refractivity contribution in [2.75, 3.05) is 16.8 Å². The van der Waals surface area contributed by atoms with Crippen LogP contribution in [0.2, 0.25) is 0 Å². The van der Waals surface area contributed by atoms with Gasteiger partial charge in [0.1, 0.15) is 0 Å². The molecule has 212 valence electrons. The third kappa shape index (κ3) is 5.95. The van der Waals surface area contributed by atoms with Crippen molar-refractivity contribution in [2.45, 2.75) is 37.8 Å². The molecule has 1 aliphatic carbocycles. The lowest BCUT2D eigenvalue weighted by Crippen LogP contribution is -2.35.